The molecule has 1 aromatic rings. The normalized spacial score (nSPS) is 26.2. The van der Waals surface area contributed by atoms with Crippen LogP contribution in [0.3, 0.4) is 0 Å². The summed E-state index contributed by atoms with van der Waals surface area (Å²) in [5.41, 5.74) is 0. The second kappa shape index (κ2) is 5.08. The van der Waals surface area contributed by atoms with Crippen LogP contribution in [0, 0.1) is 0 Å². The second-order valence-corrected chi connectivity index (χ2v) is 7.85. The van der Waals surface area contributed by atoms with Crippen molar-refractivity contribution in [2.75, 3.05) is 13.1 Å². The van der Waals surface area contributed by atoms with Crippen molar-refractivity contribution in [1.29, 1.82) is 0 Å². The average molecular weight is 292 g/mol. The molecular formula is C11H14ClNO2S2. The van der Waals surface area contributed by atoms with Crippen molar-refractivity contribution in [2.45, 2.75) is 24.3 Å². The van der Waals surface area contributed by atoms with Crippen molar-refractivity contribution in [3.05, 3.63) is 21.3 Å². The summed E-state index contributed by atoms with van der Waals surface area (Å²) < 4.78 is 11.8. The zero-order chi connectivity index (χ0) is 12.6. The quantitative estimate of drug-likeness (QED) is 0.797. The number of hydrogen-bond acceptors (Lipinski definition) is 3. The van der Waals surface area contributed by atoms with Gasteiger partial charge < -0.3 is 4.90 Å². The Morgan fingerprint density at radius 3 is 2.53 bits per heavy atom. The molecule has 0 unspecified atom stereocenters. The van der Waals surface area contributed by atoms with Gasteiger partial charge in [-0.15, -0.1) is 11.3 Å². The molecule has 1 fully saturated rings. The van der Waals surface area contributed by atoms with Gasteiger partial charge in [0.2, 0.25) is 0 Å². The second-order valence-electron chi connectivity index (χ2n) is 4.26. The lowest BCUT2D eigenvalue weighted by Crippen LogP contribution is -2.49. The van der Waals surface area contributed by atoms with Crippen LogP contribution in [0.5, 0.6) is 0 Å². The van der Waals surface area contributed by atoms with Gasteiger partial charge in [-0.3, -0.25) is 9.00 Å². The van der Waals surface area contributed by atoms with Gasteiger partial charge in [-0.1, -0.05) is 11.6 Å². The number of carbonyl (C=O) groups excluding carboxylic acids is 1. The van der Waals surface area contributed by atoms with Crippen molar-refractivity contribution in [3.8, 4) is 0 Å². The lowest BCUT2D eigenvalue weighted by atomic mass is 10.3. The van der Waals surface area contributed by atoms with E-state index >= 15 is 0 Å². The first-order valence-electron chi connectivity index (χ1n) is 5.42. The molecule has 0 spiro atoms. The van der Waals surface area contributed by atoms with Crippen LogP contribution >= 0.6 is 22.9 Å². The lowest BCUT2D eigenvalue weighted by molar-refractivity contribution is 0.0756. The molecule has 0 saturated carbocycles. The van der Waals surface area contributed by atoms with Crippen LogP contribution in [0.2, 0.25) is 5.02 Å². The molecule has 0 radical (unpaired) electrons. The summed E-state index contributed by atoms with van der Waals surface area (Å²) in [7, 11) is -0.843. The van der Waals surface area contributed by atoms with E-state index in [4.69, 9.17) is 11.6 Å². The molecule has 2 heterocycles. The Labute approximate surface area is 112 Å². The molecular weight excluding hydrogens is 278 g/mol. The van der Waals surface area contributed by atoms with Crippen molar-refractivity contribution < 1.29 is 9.00 Å². The van der Waals surface area contributed by atoms with E-state index in [0.717, 1.165) is 0 Å². The minimum atomic E-state index is -0.843. The summed E-state index contributed by atoms with van der Waals surface area (Å²) in [5.74, 6) is -0.0413. The van der Waals surface area contributed by atoms with Gasteiger partial charge in [-0.25, -0.2) is 0 Å². The minimum absolute atomic E-state index is 0.0291. The number of nitrogens with zero attached hydrogens (tertiary/aromatic N) is 1. The van der Waals surface area contributed by atoms with Gasteiger partial charge in [0.25, 0.3) is 5.91 Å². The van der Waals surface area contributed by atoms with Crippen molar-refractivity contribution in [2.24, 2.45) is 0 Å². The molecule has 0 N–H and O–H groups in total. The zero-order valence-electron chi connectivity index (χ0n) is 9.68. The van der Waals surface area contributed by atoms with E-state index in [1.54, 1.807) is 11.0 Å². The van der Waals surface area contributed by atoms with Crippen molar-refractivity contribution in [3.63, 3.8) is 0 Å². The molecule has 0 aromatic carbocycles. The third-order valence-electron chi connectivity index (χ3n) is 2.85. The molecule has 1 amide bonds. The van der Waals surface area contributed by atoms with E-state index in [1.165, 1.54) is 11.3 Å². The monoisotopic (exact) mass is 291 g/mol. The maximum atomic E-state index is 12.2. The Morgan fingerprint density at radius 2 is 2.06 bits per heavy atom. The van der Waals surface area contributed by atoms with Gasteiger partial charge in [0.1, 0.15) is 4.88 Å². The standard InChI is InChI=1S/C11H14ClNO2S2/c1-7-5-13(6-8(2)17(7)15)11(14)10-9(12)3-4-16-10/h3-4,7-8H,5-6H2,1-2H3/t7-,8-/m0/s1. The fourth-order valence-corrected chi connectivity index (χ4v) is 4.54. The smallest absolute Gasteiger partial charge is 0.265 e. The number of amides is 1. The highest BCUT2D eigenvalue weighted by Gasteiger charge is 2.32. The highest BCUT2D eigenvalue weighted by Crippen LogP contribution is 2.25. The number of rotatable bonds is 1. The molecule has 6 heteroatoms. The van der Waals surface area contributed by atoms with E-state index in [1.807, 2.05) is 19.2 Å². The summed E-state index contributed by atoms with van der Waals surface area (Å²) in [6.07, 6.45) is 0. The van der Waals surface area contributed by atoms with Crippen LogP contribution < -0.4 is 0 Å². The van der Waals surface area contributed by atoms with Gasteiger partial charge in [0.05, 0.1) is 5.02 Å². The summed E-state index contributed by atoms with van der Waals surface area (Å²) in [6.45, 7) is 4.93. The van der Waals surface area contributed by atoms with E-state index in [-0.39, 0.29) is 16.4 Å². The number of halogens is 1. The summed E-state index contributed by atoms with van der Waals surface area (Å²) in [5, 5.41) is 2.37. The van der Waals surface area contributed by atoms with E-state index in [0.29, 0.717) is 23.0 Å². The van der Waals surface area contributed by atoms with Gasteiger partial charge >= 0.3 is 0 Å². The summed E-state index contributed by atoms with van der Waals surface area (Å²) >= 11 is 7.31. The molecule has 0 bridgehead atoms. The van der Waals surface area contributed by atoms with Crippen LogP contribution in [0.1, 0.15) is 23.5 Å². The van der Waals surface area contributed by atoms with Gasteiger partial charge in [-0.2, -0.15) is 0 Å². The molecule has 17 heavy (non-hydrogen) atoms. The molecule has 94 valence electrons. The van der Waals surface area contributed by atoms with Crippen molar-refractivity contribution >= 4 is 39.6 Å². The van der Waals surface area contributed by atoms with Crippen LogP contribution in [0.25, 0.3) is 0 Å². The fourth-order valence-electron chi connectivity index (χ4n) is 1.99. The topological polar surface area (TPSA) is 37.4 Å². The molecule has 1 aliphatic heterocycles. The Kier molecular flexibility index (Phi) is 3.90. The van der Waals surface area contributed by atoms with E-state index < -0.39 is 10.8 Å². The number of carbonyl (C=O) groups is 1. The summed E-state index contributed by atoms with van der Waals surface area (Å²) in [4.78, 5) is 14.6. The zero-order valence-corrected chi connectivity index (χ0v) is 12.1. The fraction of sp³-hybridized carbons (Fsp3) is 0.545. The first kappa shape index (κ1) is 13.1. The van der Waals surface area contributed by atoms with E-state index in [2.05, 4.69) is 0 Å². The Bertz CT molecular complexity index is 446. The largest absolute Gasteiger partial charge is 0.336 e. The van der Waals surface area contributed by atoms with Crippen molar-refractivity contribution in [1.82, 2.24) is 4.90 Å². The predicted molar refractivity (Wildman–Crippen MR) is 72.3 cm³/mol. The highest BCUT2D eigenvalue weighted by atomic mass is 35.5. The SMILES string of the molecule is C[C@H]1CN(C(=O)c2sccc2Cl)C[C@H](C)S1=O. The van der Waals surface area contributed by atoms with Crippen LogP contribution in [-0.2, 0) is 10.8 Å². The molecule has 3 nitrogen and oxygen atoms in total. The molecule has 2 atom stereocenters. The number of hydrogen-bond donors (Lipinski definition) is 0. The maximum Gasteiger partial charge on any atom is 0.265 e. The average Bonchev–Trinajstić information content (AvgIpc) is 2.70. The van der Waals surface area contributed by atoms with Gasteiger partial charge in [-0.05, 0) is 25.3 Å². The van der Waals surface area contributed by atoms with Gasteiger partial charge in [0.15, 0.2) is 0 Å². The first-order valence-corrected chi connectivity index (χ1v) is 7.95. The Hall–Kier alpha value is -0.390. The minimum Gasteiger partial charge on any atom is -0.336 e. The number of thiophene rings is 1. The Morgan fingerprint density at radius 1 is 1.47 bits per heavy atom. The maximum absolute atomic E-state index is 12.2. The van der Waals surface area contributed by atoms with E-state index in [9.17, 15) is 9.00 Å². The molecule has 1 aliphatic rings. The third-order valence-corrected chi connectivity index (χ3v) is 6.06. The molecule has 1 saturated heterocycles. The molecule has 0 aliphatic carbocycles. The first-order chi connectivity index (χ1) is 8.00. The summed E-state index contributed by atoms with van der Waals surface area (Å²) in [6, 6.07) is 1.73. The Balaban J connectivity index is 2.17. The van der Waals surface area contributed by atoms with Crippen LogP contribution in [0.4, 0.5) is 0 Å². The molecule has 2 rings (SSSR count). The third kappa shape index (κ3) is 2.56. The van der Waals surface area contributed by atoms with Crippen LogP contribution in [-0.4, -0.2) is 38.6 Å². The lowest BCUT2D eigenvalue weighted by Gasteiger charge is -2.34. The van der Waals surface area contributed by atoms with Gasteiger partial charge in [0, 0.05) is 34.4 Å². The van der Waals surface area contributed by atoms with Crippen LogP contribution in [0.15, 0.2) is 11.4 Å². The molecule has 1 aromatic heterocycles. The predicted octanol–water partition coefficient (Wildman–Crippen LogP) is 2.38. The highest BCUT2D eigenvalue weighted by molar-refractivity contribution is 7.86.